The minimum Gasteiger partial charge on any atom is -0.312 e. The number of aromatic nitrogens is 3. The second kappa shape index (κ2) is 8.05. The maximum absolute atomic E-state index is 6.23. The fourth-order valence-corrected chi connectivity index (χ4v) is 3.86. The molecule has 0 aliphatic rings. The third-order valence-corrected chi connectivity index (χ3v) is 5.55. The van der Waals surface area contributed by atoms with Crippen LogP contribution in [0.15, 0.2) is 77.4 Å². The fraction of sp³-hybridized carbons (Fsp3) is 0.0500. The largest absolute Gasteiger partial charge is 0.312 e. The van der Waals surface area contributed by atoms with Crippen LogP contribution < -0.4 is 4.80 Å². The summed E-state index contributed by atoms with van der Waals surface area (Å²) in [6.45, 7) is 0.672. The predicted octanol–water partition coefficient (Wildman–Crippen LogP) is 5.59. The number of benzene rings is 2. The van der Waals surface area contributed by atoms with Gasteiger partial charge in [0, 0.05) is 23.3 Å². The van der Waals surface area contributed by atoms with Gasteiger partial charge in [-0.25, -0.2) is 9.97 Å². The maximum atomic E-state index is 6.23. The summed E-state index contributed by atoms with van der Waals surface area (Å²) in [5.74, 6) is 0.432. The van der Waals surface area contributed by atoms with Gasteiger partial charge in [0.05, 0.1) is 22.3 Å². The van der Waals surface area contributed by atoms with Gasteiger partial charge in [0.15, 0.2) is 4.80 Å². The van der Waals surface area contributed by atoms with Gasteiger partial charge in [-0.15, -0.1) is 11.3 Å². The monoisotopic (exact) mass is 412 g/mol. The van der Waals surface area contributed by atoms with Crippen LogP contribution in [-0.2, 0) is 6.54 Å². The van der Waals surface area contributed by atoms with E-state index in [1.54, 1.807) is 24.5 Å². The number of nitrogens with zero attached hydrogens (tertiary/aromatic N) is 4. The molecule has 4 rings (SSSR count). The molecule has 2 aromatic heterocycles. The summed E-state index contributed by atoms with van der Waals surface area (Å²) in [5.41, 5.74) is 3.16. The van der Waals surface area contributed by atoms with E-state index in [9.17, 15) is 0 Å². The normalized spacial score (nSPS) is 11.7. The van der Waals surface area contributed by atoms with E-state index in [0.29, 0.717) is 22.5 Å². The zero-order chi connectivity index (χ0) is 18.6. The Labute approximate surface area is 170 Å². The minimum absolute atomic E-state index is 0.432. The van der Waals surface area contributed by atoms with Crippen molar-refractivity contribution in [2.24, 2.45) is 4.99 Å². The molecule has 2 aromatic carbocycles. The molecule has 0 saturated carbocycles. The highest BCUT2D eigenvalue weighted by molar-refractivity contribution is 7.07. The molecule has 2 heterocycles. The van der Waals surface area contributed by atoms with Crippen molar-refractivity contribution < 1.29 is 0 Å². The second-order valence-electron chi connectivity index (χ2n) is 5.76. The lowest BCUT2D eigenvalue weighted by Gasteiger charge is -2.10. The predicted molar refractivity (Wildman–Crippen MR) is 111 cm³/mol. The molecule has 0 spiro atoms. The molecule has 0 saturated heterocycles. The van der Waals surface area contributed by atoms with Crippen molar-refractivity contribution in [1.29, 1.82) is 0 Å². The van der Waals surface area contributed by atoms with Crippen LogP contribution in [0.5, 0.6) is 0 Å². The summed E-state index contributed by atoms with van der Waals surface area (Å²) in [4.78, 5) is 13.8. The van der Waals surface area contributed by atoms with Crippen LogP contribution in [0.3, 0.4) is 0 Å². The van der Waals surface area contributed by atoms with Gasteiger partial charge in [-0.2, -0.15) is 4.99 Å². The zero-order valence-electron chi connectivity index (χ0n) is 14.1. The first-order chi connectivity index (χ1) is 13.2. The summed E-state index contributed by atoms with van der Waals surface area (Å²) in [6, 6.07) is 17.6. The molecule has 7 heteroatoms. The molecular formula is C20H14Cl2N4S. The zero-order valence-corrected chi connectivity index (χ0v) is 16.4. The number of halogens is 2. The third-order valence-electron chi connectivity index (χ3n) is 3.94. The van der Waals surface area contributed by atoms with Crippen LogP contribution in [0.25, 0.3) is 11.3 Å². The molecule has 4 aromatic rings. The lowest BCUT2D eigenvalue weighted by Crippen LogP contribution is -2.17. The van der Waals surface area contributed by atoms with E-state index in [1.165, 1.54) is 16.9 Å². The molecule has 134 valence electrons. The van der Waals surface area contributed by atoms with E-state index in [4.69, 9.17) is 23.2 Å². The standard InChI is InChI=1S/C20H14Cl2N4S/c21-16-8-7-15(11-17(16)22)18-13-27-20(25-19-23-9-4-10-24-19)26(18)12-14-5-2-1-3-6-14/h1-11,13H,12H2/b25-20-. The van der Waals surface area contributed by atoms with Gasteiger partial charge >= 0.3 is 0 Å². The first-order valence-corrected chi connectivity index (χ1v) is 9.84. The fourth-order valence-electron chi connectivity index (χ4n) is 2.66. The van der Waals surface area contributed by atoms with Gasteiger partial charge < -0.3 is 4.57 Å². The molecule has 0 aliphatic carbocycles. The summed E-state index contributed by atoms with van der Waals surface area (Å²) in [7, 11) is 0. The van der Waals surface area contributed by atoms with E-state index in [-0.39, 0.29) is 0 Å². The molecule has 0 unspecified atom stereocenters. The molecule has 0 fully saturated rings. The van der Waals surface area contributed by atoms with Crippen molar-refractivity contribution in [3.05, 3.63) is 92.8 Å². The van der Waals surface area contributed by atoms with E-state index in [1.807, 2.05) is 30.3 Å². The highest BCUT2D eigenvalue weighted by atomic mass is 35.5. The Bertz CT molecular complexity index is 1120. The van der Waals surface area contributed by atoms with Crippen LogP contribution in [0, 0.1) is 0 Å². The average molecular weight is 413 g/mol. The summed E-state index contributed by atoms with van der Waals surface area (Å²) >= 11 is 13.8. The molecular weight excluding hydrogens is 399 g/mol. The van der Waals surface area contributed by atoms with E-state index >= 15 is 0 Å². The maximum Gasteiger partial charge on any atom is 0.251 e. The Kier molecular flexibility index (Phi) is 5.34. The van der Waals surface area contributed by atoms with Crippen molar-refractivity contribution in [2.45, 2.75) is 6.54 Å². The highest BCUT2D eigenvalue weighted by Gasteiger charge is 2.11. The number of rotatable bonds is 4. The van der Waals surface area contributed by atoms with E-state index in [0.717, 1.165) is 16.1 Å². The van der Waals surface area contributed by atoms with Crippen LogP contribution in [0.1, 0.15) is 5.56 Å². The first-order valence-electron chi connectivity index (χ1n) is 8.20. The number of hydrogen-bond donors (Lipinski definition) is 0. The Morgan fingerprint density at radius 3 is 2.44 bits per heavy atom. The summed E-state index contributed by atoms with van der Waals surface area (Å²) in [6.07, 6.45) is 3.36. The van der Waals surface area contributed by atoms with Crippen molar-refractivity contribution in [3.63, 3.8) is 0 Å². The Morgan fingerprint density at radius 2 is 1.70 bits per heavy atom. The van der Waals surface area contributed by atoms with Gasteiger partial charge in [-0.1, -0.05) is 59.6 Å². The molecule has 0 bridgehead atoms. The third kappa shape index (κ3) is 4.11. The smallest absolute Gasteiger partial charge is 0.251 e. The Balaban J connectivity index is 1.86. The molecule has 4 nitrogen and oxygen atoms in total. The lowest BCUT2D eigenvalue weighted by molar-refractivity contribution is 0.775. The molecule has 0 aliphatic heterocycles. The number of thiazole rings is 1. The van der Waals surface area contributed by atoms with E-state index in [2.05, 4.69) is 37.0 Å². The van der Waals surface area contributed by atoms with Gasteiger partial charge in [0.2, 0.25) is 0 Å². The molecule has 0 amide bonds. The van der Waals surface area contributed by atoms with Gasteiger partial charge in [-0.3, -0.25) is 0 Å². The van der Waals surface area contributed by atoms with Gasteiger partial charge in [0.1, 0.15) is 0 Å². The van der Waals surface area contributed by atoms with Crippen molar-refractivity contribution >= 4 is 40.5 Å². The summed E-state index contributed by atoms with van der Waals surface area (Å²) < 4.78 is 2.13. The summed E-state index contributed by atoms with van der Waals surface area (Å²) in [5, 5.41) is 3.12. The Hall–Kier alpha value is -2.47. The SMILES string of the molecule is Clc1ccc(-c2cs/c(=N\c3ncccn3)n2Cc2ccccc2)cc1Cl. The van der Waals surface area contributed by atoms with Crippen molar-refractivity contribution in [3.8, 4) is 11.3 Å². The van der Waals surface area contributed by atoms with Crippen LogP contribution in [0.2, 0.25) is 10.0 Å². The number of hydrogen-bond acceptors (Lipinski definition) is 4. The van der Waals surface area contributed by atoms with E-state index < -0.39 is 0 Å². The van der Waals surface area contributed by atoms with Crippen molar-refractivity contribution in [1.82, 2.24) is 14.5 Å². The topological polar surface area (TPSA) is 43.1 Å². The first kappa shape index (κ1) is 17.9. The van der Waals surface area contributed by atoms with Crippen LogP contribution >= 0.6 is 34.5 Å². The van der Waals surface area contributed by atoms with Gasteiger partial charge in [0.25, 0.3) is 5.95 Å². The molecule has 0 radical (unpaired) electrons. The Morgan fingerprint density at radius 1 is 0.926 bits per heavy atom. The highest BCUT2D eigenvalue weighted by Crippen LogP contribution is 2.29. The van der Waals surface area contributed by atoms with Crippen molar-refractivity contribution in [2.75, 3.05) is 0 Å². The molecule has 0 atom stereocenters. The quantitative estimate of drug-likeness (QED) is 0.438. The van der Waals surface area contributed by atoms with Crippen LogP contribution in [-0.4, -0.2) is 14.5 Å². The van der Waals surface area contributed by atoms with Gasteiger partial charge in [-0.05, 0) is 23.8 Å². The molecule has 0 N–H and O–H groups in total. The minimum atomic E-state index is 0.432. The lowest BCUT2D eigenvalue weighted by atomic mass is 10.1. The molecule has 27 heavy (non-hydrogen) atoms. The second-order valence-corrected chi connectivity index (χ2v) is 7.42. The van der Waals surface area contributed by atoms with Crippen LogP contribution in [0.4, 0.5) is 5.95 Å². The average Bonchev–Trinajstić information content (AvgIpc) is 3.08.